The first-order valence-corrected chi connectivity index (χ1v) is 9.20. The van der Waals surface area contributed by atoms with Crippen molar-refractivity contribution in [1.29, 1.82) is 0 Å². The van der Waals surface area contributed by atoms with Crippen molar-refractivity contribution in [2.45, 2.75) is 11.8 Å². The predicted octanol–water partition coefficient (Wildman–Crippen LogP) is 2.84. The van der Waals surface area contributed by atoms with Crippen LogP contribution < -0.4 is 20.0 Å². The van der Waals surface area contributed by atoms with Crippen molar-refractivity contribution >= 4 is 33.5 Å². The number of ether oxygens (including phenoxy) is 2. The minimum atomic E-state index is -3.71. The van der Waals surface area contributed by atoms with E-state index in [4.69, 9.17) is 26.2 Å². The largest absolute Gasteiger partial charge is 0.493 e. The number of rotatable bonds is 7. The van der Waals surface area contributed by atoms with Gasteiger partial charge in [0.25, 0.3) is 0 Å². The first kappa shape index (κ1) is 19.0. The van der Waals surface area contributed by atoms with E-state index < -0.39 is 10.0 Å². The van der Waals surface area contributed by atoms with Gasteiger partial charge in [-0.25, -0.2) is 13.6 Å². The van der Waals surface area contributed by atoms with Gasteiger partial charge in [0.1, 0.15) is 0 Å². The van der Waals surface area contributed by atoms with Gasteiger partial charge in [-0.15, -0.1) is 0 Å². The molecule has 3 N–H and O–H groups in total. The number of primary sulfonamides is 1. The maximum absolute atomic E-state index is 11.2. The quantitative estimate of drug-likeness (QED) is 0.565. The Labute approximate surface area is 151 Å². The molecule has 0 radical (unpaired) electrons. The van der Waals surface area contributed by atoms with E-state index >= 15 is 0 Å². The zero-order chi connectivity index (χ0) is 18.4. The van der Waals surface area contributed by atoms with Crippen molar-refractivity contribution < 1.29 is 17.9 Å². The molecule has 0 amide bonds. The SMILES string of the molecule is CCOc1c(Cl)cc(/C=N/Nc2ccc(S(N)(=O)=O)cc2)cc1OC. The Balaban J connectivity index is 2.13. The standard InChI is InChI=1S/C16H18ClN3O4S/c1-3-24-16-14(17)8-11(9-15(16)23-2)10-19-20-12-4-6-13(7-5-12)25(18,21)22/h4-10,20H,3H2,1-2H3,(H2,18,21,22)/b19-10+. The Bertz CT molecular complexity index is 868. The highest BCUT2D eigenvalue weighted by Crippen LogP contribution is 2.36. The lowest BCUT2D eigenvalue weighted by atomic mass is 10.2. The predicted molar refractivity (Wildman–Crippen MR) is 98.2 cm³/mol. The minimum absolute atomic E-state index is 0.0325. The highest BCUT2D eigenvalue weighted by atomic mass is 35.5. The van der Waals surface area contributed by atoms with E-state index in [0.717, 1.165) is 0 Å². The summed E-state index contributed by atoms with van der Waals surface area (Å²) in [6.45, 7) is 2.33. The van der Waals surface area contributed by atoms with Crippen LogP contribution >= 0.6 is 11.6 Å². The number of hydrogen-bond donors (Lipinski definition) is 2. The fourth-order valence-corrected chi connectivity index (χ4v) is 2.79. The molecular weight excluding hydrogens is 366 g/mol. The van der Waals surface area contributed by atoms with Crippen LogP contribution in [0, 0.1) is 0 Å². The molecule has 2 aromatic rings. The van der Waals surface area contributed by atoms with E-state index in [9.17, 15) is 8.42 Å². The summed E-state index contributed by atoms with van der Waals surface area (Å²) in [5.74, 6) is 0.990. The van der Waals surface area contributed by atoms with Crippen molar-refractivity contribution in [2.24, 2.45) is 10.2 Å². The fraction of sp³-hybridized carbons (Fsp3) is 0.188. The van der Waals surface area contributed by atoms with Crippen molar-refractivity contribution in [1.82, 2.24) is 0 Å². The van der Waals surface area contributed by atoms with Gasteiger partial charge in [-0.2, -0.15) is 5.10 Å². The van der Waals surface area contributed by atoms with Crippen LogP contribution in [0.2, 0.25) is 5.02 Å². The van der Waals surface area contributed by atoms with E-state index in [1.165, 1.54) is 19.2 Å². The minimum Gasteiger partial charge on any atom is -0.493 e. The fourth-order valence-electron chi connectivity index (χ4n) is 2.00. The van der Waals surface area contributed by atoms with Gasteiger partial charge >= 0.3 is 0 Å². The molecule has 0 aliphatic rings. The molecular formula is C16H18ClN3O4S. The molecule has 2 aromatic carbocycles. The van der Waals surface area contributed by atoms with E-state index in [-0.39, 0.29) is 4.90 Å². The highest BCUT2D eigenvalue weighted by molar-refractivity contribution is 7.89. The molecule has 0 unspecified atom stereocenters. The summed E-state index contributed by atoms with van der Waals surface area (Å²) in [6, 6.07) is 9.34. The second kappa shape index (κ2) is 8.19. The molecule has 0 saturated heterocycles. The van der Waals surface area contributed by atoms with Crippen LogP contribution in [0.15, 0.2) is 46.4 Å². The molecule has 0 fully saturated rings. The van der Waals surface area contributed by atoms with Gasteiger partial charge in [-0.3, -0.25) is 5.43 Å². The molecule has 0 aromatic heterocycles. The zero-order valence-corrected chi connectivity index (χ0v) is 15.3. The zero-order valence-electron chi connectivity index (χ0n) is 13.7. The third-order valence-corrected chi connectivity index (χ3v) is 4.34. The number of sulfonamides is 1. The third kappa shape index (κ3) is 5.09. The summed E-state index contributed by atoms with van der Waals surface area (Å²) in [4.78, 5) is 0.0325. The van der Waals surface area contributed by atoms with Crippen LogP contribution in [-0.4, -0.2) is 28.3 Å². The number of nitrogens with one attached hydrogen (secondary N) is 1. The molecule has 0 spiro atoms. The molecule has 2 rings (SSSR count). The van der Waals surface area contributed by atoms with Crippen molar-refractivity contribution in [2.75, 3.05) is 19.1 Å². The van der Waals surface area contributed by atoms with Gasteiger partial charge in [0.2, 0.25) is 10.0 Å². The van der Waals surface area contributed by atoms with Gasteiger partial charge in [0.15, 0.2) is 11.5 Å². The number of hydrazone groups is 1. The summed E-state index contributed by atoms with van der Waals surface area (Å²) < 4.78 is 33.1. The molecule has 0 atom stereocenters. The lowest BCUT2D eigenvalue weighted by Gasteiger charge is -2.11. The van der Waals surface area contributed by atoms with Crippen LogP contribution in [0.3, 0.4) is 0 Å². The maximum atomic E-state index is 11.2. The molecule has 25 heavy (non-hydrogen) atoms. The number of nitrogens with two attached hydrogens (primary N) is 1. The molecule has 0 bridgehead atoms. The number of benzene rings is 2. The van der Waals surface area contributed by atoms with Gasteiger partial charge in [0.05, 0.1) is 35.5 Å². The van der Waals surface area contributed by atoms with E-state index in [1.807, 2.05) is 6.92 Å². The number of methoxy groups -OCH3 is 1. The summed E-state index contributed by atoms with van der Waals surface area (Å²) in [5.41, 5.74) is 4.10. The number of anilines is 1. The van der Waals surface area contributed by atoms with Crippen LogP contribution in [0.1, 0.15) is 12.5 Å². The van der Waals surface area contributed by atoms with E-state index in [2.05, 4.69) is 10.5 Å². The molecule has 0 saturated carbocycles. The Morgan fingerprint density at radius 1 is 1.28 bits per heavy atom. The Morgan fingerprint density at radius 3 is 2.52 bits per heavy atom. The van der Waals surface area contributed by atoms with Crippen LogP contribution in [0.4, 0.5) is 5.69 Å². The van der Waals surface area contributed by atoms with Gasteiger partial charge in [0, 0.05) is 0 Å². The Kier molecular flexibility index (Phi) is 6.24. The first-order chi connectivity index (χ1) is 11.8. The highest BCUT2D eigenvalue weighted by Gasteiger charge is 2.11. The molecule has 0 aliphatic carbocycles. The lowest BCUT2D eigenvalue weighted by Crippen LogP contribution is -2.11. The summed E-state index contributed by atoms with van der Waals surface area (Å²) in [7, 11) is -2.18. The van der Waals surface area contributed by atoms with Crippen molar-refractivity contribution in [3.05, 3.63) is 47.0 Å². The number of hydrogen-bond acceptors (Lipinski definition) is 6. The van der Waals surface area contributed by atoms with Crippen LogP contribution in [0.5, 0.6) is 11.5 Å². The smallest absolute Gasteiger partial charge is 0.238 e. The molecule has 7 nitrogen and oxygen atoms in total. The van der Waals surface area contributed by atoms with Gasteiger partial charge < -0.3 is 9.47 Å². The first-order valence-electron chi connectivity index (χ1n) is 7.27. The number of nitrogens with zero attached hydrogens (tertiary/aromatic N) is 1. The second-order valence-electron chi connectivity index (χ2n) is 4.91. The molecule has 9 heteroatoms. The Hall–Kier alpha value is -2.29. The molecule has 0 aliphatic heterocycles. The summed E-state index contributed by atoms with van der Waals surface area (Å²) in [5, 5.41) is 9.55. The topological polar surface area (TPSA) is 103 Å². The molecule has 0 heterocycles. The summed E-state index contributed by atoms with van der Waals surface area (Å²) >= 11 is 6.19. The van der Waals surface area contributed by atoms with Gasteiger partial charge in [-0.1, -0.05) is 11.6 Å². The van der Waals surface area contributed by atoms with Gasteiger partial charge in [-0.05, 0) is 48.9 Å². The monoisotopic (exact) mass is 383 g/mol. The van der Waals surface area contributed by atoms with Crippen LogP contribution in [0.25, 0.3) is 0 Å². The average Bonchev–Trinajstić information content (AvgIpc) is 2.56. The number of halogens is 1. The van der Waals surface area contributed by atoms with E-state index in [1.54, 1.807) is 30.5 Å². The van der Waals surface area contributed by atoms with Crippen molar-refractivity contribution in [3.63, 3.8) is 0 Å². The van der Waals surface area contributed by atoms with E-state index in [0.29, 0.717) is 34.4 Å². The Morgan fingerprint density at radius 2 is 1.96 bits per heavy atom. The third-order valence-electron chi connectivity index (χ3n) is 3.13. The maximum Gasteiger partial charge on any atom is 0.238 e. The van der Waals surface area contributed by atoms with Crippen molar-refractivity contribution in [3.8, 4) is 11.5 Å². The lowest BCUT2D eigenvalue weighted by molar-refractivity contribution is 0.311. The normalized spacial score (nSPS) is 11.5. The summed E-state index contributed by atoms with van der Waals surface area (Å²) in [6.07, 6.45) is 1.55. The average molecular weight is 384 g/mol. The van der Waals surface area contributed by atoms with Crippen LogP contribution in [-0.2, 0) is 10.0 Å². The molecule has 134 valence electrons. The second-order valence-corrected chi connectivity index (χ2v) is 6.88.